The van der Waals surface area contributed by atoms with E-state index in [2.05, 4.69) is 166 Å². The molecule has 0 saturated carbocycles. The molecule has 0 atom stereocenters. The predicted octanol–water partition coefficient (Wildman–Crippen LogP) is 13.7. The van der Waals surface area contributed by atoms with Gasteiger partial charge in [0.05, 0.1) is 15.9 Å². The van der Waals surface area contributed by atoms with E-state index in [1.807, 2.05) is 6.07 Å². The Kier molecular flexibility index (Phi) is 6.47. The maximum absolute atomic E-state index is 6.76. The maximum atomic E-state index is 6.76. The monoisotopic (exact) mass is 696 g/mol. The van der Waals surface area contributed by atoms with Gasteiger partial charge in [0.25, 0.3) is 0 Å². The fourth-order valence-corrected chi connectivity index (χ4v) is 9.62. The van der Waals surface area contributed by atoms with Gasteiger partial charge in [-0.15, -0.1) is 11.3 Å². The first-order chi connectivity index (χ1) is 26.0. The van der Waals surface area contributed by atoms with Crippen LogP contribution in [0.5, 0.6) is 0 Å². The molecule has 0 unspecified atom stereocenters. The van der Waals surface area contributed by atoms with Gasteiger partial charge in [0.15, 0.2) is 5.82 Å². The molecule has 1 aliphatic carbocycles. The summed E-state index contributed by atoms with van der Waals surface area (Å²) in [6, 6.07) is 56.2. The molecule has 7 aromatic carbocycles. The second-order valence-corrected chi connectivity index (χ2v) is 15.6. The number of thiophene rings is 1. The number of fused-ring (bicyclic) bond motifs is 9. The van der Waals surface area contributed by atoms with E-state index in [9.17, 15) is 0 Å². The van der Waals surface area contributed by atoms with E-state index in [-0.39, 0.29) is 5.41 Å². The lowest BCUT2D eigenvalue weighted by molar-refractivity contribution is 0.660. The summed E-state index contributed by atoms with van der Waals surface area (Å²) in [6.07, 6.45) is 0. The molecular formula is C49H32N2OS. The fourth-order valence-electron chi connectivity index (χ4n) is 8.47. The molecule has 0 saturated heterocycles. The molecule has 0 bridgehead atoms. The third-order valence-corrected chi connectivity index (χ3v) is 12.3. The number of hydrogen-bond donors (Lipinski definition) is 0. The Morgan fingerprint density at radius 3 is 2.02 bits per heavy atom. The Hall–Kier alpha value is -6.36. The summed E-state index contributed by atoms with van der Waals surface area (Å²) >= 11 is 1.76. The quantitative estimate of drug-likeness (QED) is 0.184. The molecule has 3 nitrogen and oxygen atoms in total. The fraction of sp³-hybridized carbons (Fsp3) is 0.0612. The average Bonchev–Trinajstić information content (AvgIpc) is 3.86. The van der Waals surface area contributed by atoms with Crippen LogP contribution in [0.4, 0.5) is 0 Å². The molecule has 0 radical (unpaired) electrons. The van der Waals surface area contributed by atoms with Crippen molar-refractivity contribution >= 4 is 53.6 Å². The van der Waals surface area contributed by atoms with Crippen LogP contribution in [0.1, 0.15) is 25.0 Å². The SMILES string of the molecule is CC1(C)c2ccccc2-c2ccc(-c3nc(-c4ccc(-c5ccc(-c6ccccc6)cc5)c5oc6ccccc6c45)c4sc5ccccc5c4n3)cc21. The molecule has 4 heteroatoms. The van der Waals surface area contributed by atoms with Crippen LogP contribution in [0, 0.1) is 0 Å². The molecule has 3 aromatic heterocycles. The van der Waals surface area contributed by atoms with E-state index in [1.165, 1.54) is 38.1 Å². The highest BCUT2D eigenvalue weighted by Crippen LogP contribution is 2.50. The summed E-state index contributed by atoms with van der Waals surface area (Å²) in [6.45, 7) is 4.64. The van der Waals surface area contributed by atoms with Crippen LogP contribution in [-0.2, 0) is 5.41 Å². The number of rotatable bonds is 4. The topological polar surface area (TPSA) is 38.9 Å². The Labute approximate surface area is 310 Å². The first-order valence-corrected chi connectivity index (χ1v) is 18.9. The molecule has 3 heterocycles. The Bertz CT molecular complexity index is 3080. The van der Waals surface area contributed by atoms with Crippen LogP contribution in [0.2, 0.25) is 0 Å². The molecule has 0 spiro atoms. The molecule has 11 rings (SSSR count). The van der Waals surface area contributed by atoms with Crippen molar-refractivity contribution in [2.24, 2.45) is 0 Å². The second kappa shape index (κ2) is 11.3. The van der Waals surface area contributed by atoms with Crippen LogP contribution < -0.4 is 0 Å². The van der Waals surface area contributed by atoms with Gasteiger partial charge in [-0.25, -0.2) is 9.97 Å². The maximum Gasteiger partial charge on any atom is 0.160 e. The zero-order chi connectivity index (χ0) is 35.3. The van der Waals surface area contributed by atoms with Crippen molar-refractivity contribution in [3.05, 3.63) is 169 Å². The van der Waals surface area contributed by atoms with Crippen molar-refractivity contribution in [2.45, 2.75) is 19.3 Å². The van der Waals surface area contributed by atoms with Gasteiger partial charge in [-0.1, -0.05) is 147 Å². The van der Waals surface area contributed by atoms with E-state index in [4.69, 9.17) is 14.4 Å². The number of para-hydroxylation sites is 1. The highest BCUT2D eigenvalue weighted by Gasteiger charge is 2.35. The van der Waals surface area contributed by atoms with E-state index in [1.54, 1.807) is 11.3 Å². The highest BCUT2D eigenvalue weighted by molar-refractivity contribution is 7.26. The van der Waals surface area contributed by atoms with Crippen LogP contribution in [0.25, 0.3) is 98.3 Å². The summed E-state index contributed by atoms with van der Waals surface area (Å²) in [7, 11) is 0. The minimum absolute atomic E-state index is 0.124. The molecule has 1 aliphatic rings. The van der Waals surface area contributed by atoms with Gasteiger partial charge in [0.1, 0.15) is 11.2 Å². The van der Waals surface area contributed by atoms with Gasteiger partial charge < -0.3 is 4.42 Å². The van der Waals surface area contributed by atoms with Crippen molar-refractivity contribution < 1.29 is 4.42 Å². The third-order valence-electron chi connectivity index (χ3n) is 11.1. The zero-order valence-electron chi connectivity index (χ0n) is 29.2. The van der Waals surface area contributed by atoms with E-state index in [0.29, 0.717) is 0 Å². The van der Waals surface area contributed by atoms with Gasteiger partial charge in [-0.2, -0.15) is 0 Å². The smallest absolute Gasteiger partial charge is 0.160 e. The number of furan rings is 1. The van der Waals surface area contributed by atoms with Gasteiger partial charge >= 0.3 is 0 Å². The van der Waals surface area contributed by atoms with Crippen molar-refractivity contribution in [3.8, 4) is 56.0 Å². The zero-order valence-corrected chi connectivity index (χ0v) is 30.0. The number of hydrogen-bond acceptors (Lipinski definition) is 4. The second-order valence-electron chi connectivity index (χ2n) is 14.5. The molecule has 0 fully saturated rings. The van der Waals surface area contributed by atoms with Crippen LogP contribution >= 0.6 is 11.3 Å². The Balaban J connectivity index is 1.15. The van der Waals surface area contributed by atoms with Crippen LogP contribution in [0.3, 0.4) is 0 Å². The standard InChI is InChI=1S/C49H32N2OS/c1-49(2)39-17-9-6-14-34(39)35-25-24-32(28-40(35)49)48-50-44-37-16-8-11-19-42(37)53-47(44)45(51-48)38-27-26-33(46-43(38)36-15-7-10-18-41(36)52-46)31-22-20-30(21-23-31)29-12-4-3-5-13-29/h3-28H,1-2H3. The summed E-state index contributed by atoms with van der Waals surface area (Å²) in [5.74, 6) is 0.729. The van der Waals surface area contributed by atoms with E-state index in [0.717, 1.165) is 71.3 Å². The minimum Gasteiger partial charge on any atom is -0.455 e. The number of aromatic nitrogens is 2. The molecule has 250 valence electrons. The molecule has 10 aromatic rings. The Morgan fingerprint density at radius 2 is 1.15 bits per heavy atom. The molecule has 0 N–H and O–H groups in total. The van der Waals surface area contributed by atoms with Gasteiger partial charge in [0, 0.05) is 43.0 Å². The lowest BCUT2D eigenvalue weighted by Crippen LogP contribution is -2.15. The summed E-state index contributed by atoms with van der Waals surface area (Å²) in [5, 5.41) is 3.29. The number of benzene rings is 7. The first-order valence-electron chi connectivity index (χ1n) is 18.1. The first kappa shape index (κ1) is 30.3. The summed E-state index contributed by atoms with van der Waals surface area (Å²) < 4.78 is 9.04. The minimum atomic E-state index is -0.124. The van der Waals surface area contributed by atoms with E-state index >= 15 is 0 Å². The van der Waals surface area contributed by atoms with E-state index < -0.39 is 0 Å². The number of nitrogens with zero attached hydrogens (tertiary/aromatic N) is 2. The molecule has 53 heavy (non-hydrogen) atoms. The van der Waals surface area contributed by atoms with Gasteiger partial charge in [0.2, 0.25) is 0 Å². The van der Waals surface area contributed by atoms with Gasteiger partial charge in [-0.3, -0.25) is 0 Å². The van der Waals surface area contributed by atoms with Gasteiger partial charge in [-0.05, 0) is 63.2 Å². The molecule has 0 aliphatic heterocycles. The lowest BCUT2D eigenvalue weighted by Gasteiger charge is -2.21. The summed E-state index contributed by atoms with van der Waals surface area (Å²) in [5.41, 5.74) is 15.4. The van der Waals surface area contributed by atoms with Crippen molar-refractivity contribution in [2.75, 3.05) is 0 Å². The molecular weight excluding hydrogens is 665 g/mol. The lowest BCUT2D eigenvalue weighted by atomic mass is 9.82. The third kappa shape index (κ3) is 4.52. The van der Waals surface area contributed by atoms with Crippen LogP contribution in [-0.4, -0.2) is 9.97 Å². The average molecular weight is 697 g/mol. The summed E-state index contributed by atoms with van der Waals surface area (Å²) in [4.78, 5) is 10.8. The largest absolute Gasteiger partial charge is 0.455 e. The highest BCUT2D eigenvalue weighted by atomic mass is 32.1. The van der Waals surface area contributed by atoms with Crippen molar-refractivity contribution in [3.63, 3.8) is 0 Å². The predicted molar refractivity (Wildman–Crippen MR) is 222 cm³/mol. The Morgan fingerprint density at radius 1 is 0.509 bits per heavy atom. The molecule has 0 amide bonds. The van der Waals surface area contributed by atoms with Crippen molar-refractivity contribution in [1.82, 2.24) is 9.97 Å². The normalized spacial score (nSPS) is 13.2. The van der Waals surface area contributed by atoms with Crippen molar-refractivity contribution in [1.29, 1.82) is 0 Å². The van der Waals surface area contributed by atoms with Crippen LogP contribution in [0.15, 0.2) is 162 Å².